The Kier molecular flexibility index (Phi) is 64.0. The average Bonchev–Trinajstić information content (AvgIpc) is 3.68. The summed E-state index contributed by atoms with van der Waals surface area (Å²) >= 11 is 0. The van der Waals surface area contributed by atoms with E-state index in [0.29, 0.717) is 25.7 Å². The lowest BCUT2D eigenvalue weighted by Crippen LogP contribution is -2.30. The zero-order chi connectivity index (χ0) is 67.0. The highest BCUT2D eigenvalue weighted by molar-refractivity contribution is 7.47. The maximum Gasteiger partial charge on any atom is 0.472 e. The lowest BCUT2D eigenvalue weighted by molar-refractivity contribution is -0.161. The van der Waals surface area contributed by atoms with Crippen molar-refractivity contribution in [3.63, 3.8) is 0 Å². The number of phosphoric ester groups is 2. The Hall–Kier alpha value is -1.94. The van der Waals surface area contributed by atoms with Crippen LogP contribution in [0.15, 0.2) is 0 Å². The monoisotopic (exact) mass is 1340 g/mol. The second kappa shape index (κ2) is 65.4. The van der Waals surface area contributed by atoms with Crippen LogP contribution < -0.4 is 0 Å². The van der Waals surface area contributed by atoms with Gasteiger partial charge in [0.1, 0.15) is 19.3 Å². The smallest absolute Gasteiger partial charge is 0.462 e. The SMILES string of the molecule is CCCCCCCCCCCCCCCCCCC(=O)O[C@H](COC(=O)CCCCCCCCCCCCCCC(C)C)COP(=O)(O)OC[C@@H](O)COP(=O)(O)OC[C@@H](COC(=O)CCCCCCCCCC)OC(=O)CCCCCCCCCCCCCC. The zero-order valence-corrected chi connectivity index (χ0v) is 60.8. The third-order valence-corrected chi connectivity index (χ3v) is 18.7. The van der Waals surface area contributed by atoms with E-state index in [1.807, 2.05) is 0 Å². The first-order chi connectivity index (χ1) is 44.0. The molecule has 0 aromatic rings. The van der Waals surface area contributed by atoms with E-state index < -0.39 is 97.5 Å². The number of carbonyl (C=O) groups is 4. The molecule has 0 aromatic heterocycles. The van der Waals surface area contributed by atoms with Crippen LogP contribution in [0.5, 0.6) is 0 Å². The molecule has 0 bridgehead atoms. The number of rotatable bonds is 72. The molecule has 540 valence electrons. The summed E-state index contributed by atoms with van der Waals surface area (Å²) in [5.41, 5.74) is 0. The number of hydrogen-bond donors (Lipinski definition) is 3. The normalized spacial score (nSPS) is 14.0. The lowest BCUT2D eigenvalue weighted by Gasteiger charge is -2.21. The summed E-state index contributed by atoms with van der Waals surface area (Å²) in [5, 5.41) is 10.6. The van der Waals surface area contributed by atoms with E-state index in [4.69, 9.17) is 37.0 Å². The quantitative estimate of drug-likeness (QED) is 0.0222. The molecule has 19 heteroatoms. The van der Waals surface area contributed by atoms with Crippen molar-refractivity contribution in [3.8, 4) is 0 Å². The second-order valence-corrected chi connectivity index (χ2v) is 29.4. The molecule has 0 aromatic carbocycles. The zero-order valence-electron chi connectivity index (χ0n) is 59.0. The molecule has 0 aliphatic heterocycles. The molecule has 0 saturated heterocycles. The number of carbonyl (C=O) groups excluding carboxylic acids is 4. The van der Waals surface area contributed by atoms with Gasteiger partial charge >= 0.3 is 39.5 Å². The Morgan fingerprint density at radius 1 is 0.297 bits per heavy atom. The predicted octanol–water partition coefficient (Wildman–Crippen LogP) is 20.9. The molecule has 0 radical (unpaired) electrons. The molecular formula is C72H140O17P2. The largest absolute Gasteiger partial charge is 0.472 e. The van der Waals surface area contributed by atoms with Gasteiger partial charge in [-0.05, 0) is 31.6 Å². The minimum atomic E-state index is -4.95. The van der Waals surface area contributed by atoms with E-state index in [2.05, 4.69) is 34.6 Å². The molecule has 0 fully saturated rings. The highest BCUT2D eigenvalue weighted by Crippen LogP contribution is 2.45. The highest BCUT2D eigenvalue weighted by Gasteiger charge is 2.30. The van der Waals surface area contributed by atoms with Gasteiger partial charge in [-0.3, -0.25) is 37.3 Å². The van der Waals surface area contributed by atoms with Crippen LogP contribution in [0.1, 0.15) is 375 Å². The summed E-state index contributed by atoms with van der Waals surface area (Å²) in [5.74, 6) is -1.34. The third-order valence-electron chi connectivity index (χ3n) is 16.8. The van der Waals surface area contributed by atoms with Gasteiger partial charge in [0.25, 0.3) is 0 Å². The standard InChI is InChI=1S/C72H140O17P2/c1-6-9-12-15-18-21-23-25-26-27-28-34-38-43-48-53-58-72(77)89-68(62-83-70(75)56-51-46-41-36-33-30-29-31-35-39-44-49-54-65(4)5)64-87-91(80,81)85-60-66(73)59-84-90(78,79)86-63-67(61-82-69(74)55-50-45-40-20-17-14-11-8-3)88-71(76)57-52-47-42-37-32-24-22-19-16-13-10-7-2/h65-68,73H,6-64H2,1-5H3,(H,78,79)(H,80,81)/t66-,67+,68+/m0/s1. The highest BCUT2D eigenvalue weighted by atomic mass is 31.2. The minimum absolute atomic E-state index is 0.107. The topological polar surface area (TPSA) is 237 Å². The van der Waals surface area contributed by atoms with E-state index >= 15 is 0 Å². The van der Waals surface area contributed by atoms with Crippen LogP contribution in [0.25, 0.3) is 0 Å². The van der Waals surface area contributed by atoms with Crippen LogP contribution in [-0.2, 0) is 65.4 Å². The van der Waals surface area contributed by atoms with Crippen molar-refractivity contribution in [2.24, 2.45) is 5.92 Å². The summed E-state index contributed by atoms with van der Waals surface area (Å²) in [7, 11) is -9.90. The summed E-state index contributed by atoms with van der Waals surface area (Å²) in [6.07, 6.45) is 52.6. The molecule has 0 aliphatic rings. The van der Waals surface area contributed by atoms with Gasteiger partial charge in [0, 0.05) is 25.7 Å². The number of hydrogen-bond acceptors (Lipinski definition) is 15. The van der Waals surface area contributed by atoms with Crippen molar-refractivity contribution in [2.45, 2.75) is 393 Å². The van der Waals surface area contributed by atoms with E-state index in [9.17, 15) is 43.2 Å². The van der Waals surface area contributed by atoms with E-state index in [0.717, 1.165) is 102 Å². The second-order valence-electron chi connectivity index (χ2n) is 26.5. The van der Waals surface area contributed by atoms with Gasteiger partial charge in [-0.2, -0.15) is 0 Å². The number of aliphatic hydroxyl groups is 1. The van der Waals surface area contributed by atoms with Crippen molar-refractivity contribution in [3.05, 3.63) is 0 Å². The van der Waals surface area contributed by atoms with Crippen molar-refractivity contribution in [2.75, 3.05) is 39.6 Å². The average molecular weight is 1340 g/mol. The number of aliphatic hydroxyl groups excluding tert-OH is 1. The Bertz CT molecular complexity index is 1750. The van der Waals surface area contributed by atoms with Crippen LogP contribution in [-0.4, -0.2) is 96.7 Å². The third kappa shape index (κ3) is 66.5. The van der Waals surface area contributed by atoms with Crippen LogP contribution in [0.4, 0.5) is 0 Å². The van der Waals surface area contributed by atoms with E-state index in [1.54, 1.807) is 0 Å². The molecule has 0 saturated carbocycles. The first-order valence-corrected chi connectivity index (χ1v) is 40.6. The first-order valence-electron chi connectivity index (χ1n) is 37.6. The molecule has 0 heterocycles. The Morgan fingerprint density at radius 3 is 0.747 bits per heavy atom. The van der Waals surface area contributed by atoms with Gasteiger partial charge in [-0.1, -0.05) is 324 Å². The first kappa shape index (κ1) is 89.1. The van der Waals surface area contributed by atoms with Gasteiger partial charge in [-0.15, -0.1) is 0 Å². The fourth-order valence-corrected chi connectivity index (χ4v) is 12.6. The van der Waals surface area contributed by atoms with Crippen molar-refractivity contribution < 1.29 is 80.2 Å². The van der Waals surface area contributed by atoms with Crippen LogP contribution in [0, 0.1) is 5.92 Å². The molecule has 2 unspecified atom stereocenters. The fraction of sp³-hybridized carbons (Fsp3) is 0.944. The van der Waals surface area contributed by atoms with E-state index in [1.165, 1.54) is 193 Å². The fourth-order valence-electron chi connectivity index (χ4n) is 11.0. The number of phosphoric acid groups is 2. The molecule has 0 amide bonds. The Morgan fingerprint density at radius 2 is 0.505 bits per heavy atom. The minimum Gasteiger partial charge on any atom is -0.462 e. The van der Waals surface area contributed by atoms with Gasteiger partial charge < -0.3 is 33.8 Å². The maximum atomic E-state index is 13.0. The van der Waals surface area contributed by atoms with Gasteiger partial charge in [0.15, 0.2) is 12.2 Å². The molecule has 0 rings (SSSR count). The summed E-state index contributed by atoms with van der Waals surface area (Å²) < 4.78 is 68.3. The van der Waals surface area contributed by atoms with Crippen LogP contribution in [0.2, 0.25) is 0 Å². The van der Waals surface area contributed by atoms with E-state index in [-0.39, 0.29) is 25.7 Å². The number of ether oxygens (including phenoxy) is 4. The summed E-state index contributed by atoms with van der Waals surface area (Å²) in [6, 6.07) is 0. The molecule has 0 spiro atoms. The van der Waals surface area contributed by atoms with Crippen molar-refractivity contribution in [1.29, 1.82) is 0 Å². The van der Waals surface area contributed by atoms with Crippen molar-refractivity contribution >= 4 is 39.5 Å². The number of esters is 4. The maximum absolute atomic E-state index is 13.0. The summed E-state index contributed by atoms with van der Waals surface area (Å²) in [6.45, 7) is 7.26. The summed E-state index contributed by atoms with van der Waals surface area (Å²) in [4.78, 5) is 72.6. The lowest BCUT2D eigenvalue weighted by atomic mass is 10.0. The van der Waals surface area contributed by atoms with Crippen LogP contribution >= 0.6 is 15.6 Å². The Labute approximate surface area is 556 Å². The van der Waals surface area contributed by atoms with Gasteiger partial charge in [0.2, 0.25) is 0 Å². The molecule has 3 N–H and O–H groups in total. The van der Waals surface area contributed by atoms with Gasteiger partial charge in [0.05, 0.1) is 26.4 Å². The predicted molar refractivity (Wildman–Crippen MR) is 368 cm³/mol. The van der Waals surface area contributed by atoms with Gasteiger partial charge in [-0.25, -0.2) is 9.13 Å². The molecule has 0 aliphatic carbocycles. The van der Waals surface area contributed by atoms with Crippen molar-refractivity contribution in [1.82, 2.24) is 0 Å². The molecule has 5 atom stereocenters. The Balaban J connectivity index is 5.22. The molecule has 17 nitrogen and oxygen atoms in total. The number of unbranched alkanes of at least 4 members (excludes halogenated alkanes) is 44. The molecule has 91 heavy (non-hydrogen) atoms. The molecular weight excluding hydrogens is 1200 g/mol. The van der Waals surface area contributed by atoms with Crippen LogP contribution in [0.3, 0.4) is 0 Å².